The van der Waals surface area contributed by atoms with Crippen LogP contribution in [0.4, 0.5) is 5.82 Å². The van der Waals surface area contributed by atoms with Crippen LogP contribution in [-0.2, 0) is 10.0 Å². The summed E-state index contributed by atoms with van der Waals surface area (Å²) in [6.07, 6.45) is 6.75. The zero-order chi connectivity index (χ0) is 17.3. The highest BCUT2D eigenvalue weighted by molar-refractivity contribution is 7.89. The van der Waals surface area contributed by atoms with Gasteiger partial charge in [-0.15, -0.1) is 0 Å². The van der Waals surface area contributed by atoms with Crippen LogP contribution >= 0.6 is 0 Å². The number of anilines is 1. The van der Waals surface area contributed by atoms with Crippen LogP contribution in [0.1, 0.15) is 38.5 Å². The zero-order valence-corrected chi connectivity index (χ0v) is 15.3. The second-order valence-corrected chi connectivity index (χ2v) is 8.97. The zero-order valence-electron chi connectivity index (χ0n) is 14.5. The van der Waals surface area contributed by atoms with E-state index in [1.807, 2.05) is 18.2 Å². The first kappa shape index (κ1) is 16.8. The lowest BCUT2D eigenvalue weighted by molar-refractivity contribution is 0.346. The Bertz CT molecular complexity index is 854. The molecule has 0 N–H and O–H groups in total. The van der Waals surface area contributed by atoms with E-state index in [2.05, 4.69) is 4.90 Å². The standard InChI is InChI=1S/C19H25N3O2S/c23-25(24,22-13-5-2-6-14-22)17-8-9-18-16(15-17)7-10-19(20-18)21-11-3-1-4-12-21/h7-10,15H,1-6,11-14H2. The average Bonchev–Trinajstić information content (AvgIpc) is 2.68. The lowest BCUT2D eigenvalue weighted by Crippen LogP contribution is -2.35. The summed E-state index contributed by atoms with van der Waals surface area (Å²) in [6, 6.07) is 9.34. The van der Waals surface area contributed by atoms with E-state index in [1.54, 1.807) is 16.4 Å². The second kappa shape index (κ2) is 6.92. The molecule has 1 aromatic heterocycles. The van der Waals surface area contributed by atoms with Gasteiger partial charge in [0.15, 0.2) is 0 Å². The molecule has 0 aliphatic carbocycles. The Kier molecular flexibility index (Phi) is 4.65. The molecule has 2 saturated heterocycles. The molecule has 0 saturated carbocycles. The number of piperidine rings is 2. The van der Waals surface area contributed by atoms with Gasteiger partial charge in [-0.3, -0.25) is 0 Å². The number of nitrogens with zero attached hydrogens (tertiary/aromatic N) is 3. The van der Waals surface area contributed by atoms with E-state index >= 15 is 0 Å². The Morgan fingerprint density at radius 3 is 2.20 bits per heavy atom. The van der Waals surface area contributed by atoms with Gasteiger partial charge in [-0.1, -0.05) is 6.42 Å². The number of rotatable bonds is 3. The van der Waals surface area contributed by atoms with Gasteiger partial charge in [-0.25, -0.2) is 13.4 Å². The maximum absolute atomic E-state index is 12.8. The van der Waals surface area contributed by atoms with Crippen LogP contribution in [0.25, 0.3) is 10.9 Å². The van der Waals surface area contributed by atoms with E-state index < -0.39 is 10.0 Å². The van der Waals surface area contributed by atoms with Crippen LogP contribution in [0.2, 0.25) is 0 Å². The Hall–Kier alpha value is -1.66. The van der Waals surface area contributed by atoms with Crippen molar-refractivity contribution >= 4 is 26.7 Å². The van der Waals surface area contributed by atoms with E-state index in [-0.39, 0.29) is 0 Å². The number of pyridine rings is 1. The Labute approximate surface area is 149 Å². The lowest BCUT2D eigenvalue weighted by Gasteiger charge is -2.28. The van der Waals surface area contributed by atoms with Crippen LogP contribution in [0.3, 0.4) is 0 Å². The third-order valence-corrected chi connectivity index (χ3v) is 7.17. The molecule has 0 unspecified atom stereocenters. The minimum atomic E-state index is -3.39. The minimum Gasteiger partial charge on any atom is -0.357 e. The molecular formula is C19H25N3O2S. The normalized spacial score (nSPS) is 20.1. The summed E-state index contributed by atoms with van der Waals surface area (Å²) in [5.74, 6) is 0.999. The molecule has 0 atom stereocenters. The highest BCUT2D eigenvalue weighted by atomic mass is 32.2. The monoisotopic (exact) mass is 359 g/mol. The molecule has 25 heavy (non-hydrogen) atoms. The van der Waals surface area contributed by atoms with Crippen molar-refractivity contribution in [3.63, 3.8) is 0 Å². The molecule has 1 aromatic carbocycles. The third-order valence-electron chi connectivity index (χ3n) is 5.28. The van der Waals surface area contributed by atoms with Crippen molar-refractivity contribution < 1.29 is 8.42 Å². The number of aromatic nitrogens is 1. The summed E-state index contributed by atoms with van der Waals surface area (Å²) >= 11 is 0. The summed E-state index contributed by atoms with van der Waals surface area (Å²) in [7, 11) is -3.39. The fourth-order valence-electron chi connectivity index (χ4n) is 3.81. The molecular weight excluding hydrogens is 334 g/mol. The van der Waals surface area contributed by atoms with Crippen LogP contribution < -0.4 is 4.90 Å². The second-order valence-electron chi connectivity index (χ2n) is 7.04. The predicted octanol–water partition coefficient (Wildman–Crippen LogP) is 3.40. The fourth-order valence-corrected chi connectivity index (χ4v) is 5.36. The number of hydrogen-bond acceptors (Lipinski definition) is 4. The van der Waals surface area contributed by atoms with Crippen molar-refractivity contribution in [2.45, 2.75) is 43.4 Å². The summed E-state index contributed by atoms with van der Waals surface area (Å²) in [4.78, 5) is 7.46. The van der Waals surface area contributed by atoms with E-state index in [0.29, 0.717) is 18.0 Å². The van der Waals surface area contributed by atoms with Gasteiger partial charge < -0.3 is 4.90 Å². The SMILES string of the molecule is O=S(=O)(c1ccc2nc(N3CCCCC3)ccc2c1)N1CCCCC1. The van der Waals surface area contributed by atoms with Crippen molar-refractivity contribution in [2.75, 3.05) is 31.1 Å². The van der Waals surface area contributed by atoms with Gasteiger partial charge in [-0.2, -0.15) is 4.31 Å². The van der Waals surface area contributed by atoms with Gasteiger partial charge in [-0.05, 0) is 62.4 Å². The van der Waals surface area contributed by atoms with E-state index in [9.17, 15) is 8.42 Å². The Morgan fingerprint density at radius 2 is 1.48 bits per heavy atom. The Balaban J connectivity index is 1.64. The van der Waals surface area contributed by atoms with Crippen LogP contribution in [0.5, 0.6) is 0 Å². The van der Waals surface area contributed by atoms with Gasteiger partial charge in [0.25, 0.3) is 0 Å². The molecule has 6 heteroatoms. The number of hydrogen-bond donors (Lipinski definition) is 0. The molecule has 2 aliphatic rings. The molecule has 0 amide bonds. The maximum atomic E-state index is 12.8. The van der Waals surface area contributed by atoms with Crippen molar-refractivity contribution in [1.29, 1.82) is 0 Å². The van der Waals surface area contributed by atoms with Gasteiger partial charge in [0.2, 0.25) is 10.0 Å². The minimum absolute atomic E-state index is 0.384. The number of benzene rings is 1. The van der Waals surface area contributed by atoms with Crippen molar-refractivity contribution in [3.8, 4) is 0 Å². The van der Waals surface area contributed by atoms with Crippen LogP contribution in [-0.4, -0.2) is 43.9 Å². The first-order chi connectivity index (χ1) is 12.1. The van der Waals surface area contributed by atoms with Crippen LogP contribution in [0.15, 0.2) is 35.2 Å². The van der Waals surface area contributed by atoms with Gasteiger partial charge in [0.05, 0.1) is 10.4 Å². The molecule has 3 heterocycles. The summed E-state index contributed by atoms with van der Waals surface area (Å²) < 4.78 is 27.3. The quantitative estimate of drug-likeness (QED) is 0.843. The molecule has 0 bridgehead atoms. The molecule has 2 fully saturated rings. The Morgan fingerprint density at radius 1 is 0.800 bits per heavy atom. The number of fused-ring (bicyclic) bond motifs is 1. The molecule has 5 nitrogen and oxygen atoms in total. The largest absolute Gasteiger partial charge is 0.357 e. The van der Waals surface area contributed by atoms with Gasteiger partial charge in [0.1, 0.15) is 5.82 Å². The van der Waals surface area contributed by atoms with Crippen molar-refractivity contribution in [3.05, 3.63) is 30.3 Å². The van der Waals surface area contributed by atoms with Gasteiger partial charge in [0, 0.05) is 31.6 Å². The third kappa shape index (κ3) is 3.37. The predicted molar refractivity (Wildman–Crippen MR) is 100 cm³/mol. The van der Waals surface area contributed by atoms with Crippen LogP contribution in [0, 0.1) is 0 Å². The molecule has 0 radical (unpaired) electrons. The summed E-state index contributed by atoms with van der Waals surface area (Å²) in [5, 5.41) is 0.888. The first-order valence-corrected chi connectivity index (χ1v) is 10.7. The first-order valence-electron chi connectivity index (χ1n) is 9.30. The van der Waals surface area contributed by atoms with E-state index in [1.165, 1.54) is 19.3 Å². The van der Waals surface area contributed by atoms with Crippen molar-refractivity contribution in [2.24, 2.45) is 0 Å². The molecule has 134 valence electrons. The molecule has 2 aliphatic heterocycles. The average molecular weight is 359 g/mol. The fraction of sp³-hybridized carbons (Fsp3) is 0.526. The number of sulfonamides is 1. The smallest absolute Gasteiger partial charge is 0.243 e. The summed E-state index contributed by atoms with van der Waals surface area (Å²) in [5.41, 5.74) is 0.862. The topological polar surface area (TPSA) is 53.5 Å². The molecule has 2 aromatic rings. The van der Waals surface area contributed by atoms with E-state index in [0.717, 1.165) is 49.1 Å². The lowest BCUT2D eigenvalue weighted by atomic mass is 10.1. The molecule has 0 spiro atoms. The maximum Gasteiger partial charge on any atom is 0.243 e. The van der Waals surface area contributed by atoms with Crippen molar-refractivity contribution in [1.82, 2.24) is 9.29 Å². The summed E-state index contributed by atoms with van der Waals surface area (Å²) in [6.45, 7) is 3.37. The highest BCUT2D eigenvalue weighted by Crippen LogP contribution is 2.26. The molecule has 4 rings (SSSR count). The van der Waals surface area contributed by atoms with Gasteiger partial charge >= 0.3 is 0 Å². The van der Waals surface area contributed by atoms with E-state index in [4.69, 9.17) is 4.98 Å². The highest BCUT2D eigenvalue weighted by Gasteiger charge is 2.26.